The lowest BCUT2D eigenvalue weighted by Crippen LogP contribution is -2.26. The van der Waals surface area contributed by atoms with Crippen LogP contribution in [-0.4, -0.2) is 19.2 Å². The average molecular weight is 145 g/mol. The highest BCUT2D eigenvalue weighted by molar-refractivity contribution is 5.78. The molecule has 3 nitrogen and oxygen atoms in total. The van der Waals surface area contributed by atoms with Gasteiger partial charge in [-0.25, -0.2) is 0 Å². The zero-order valence-corrected chi connectivity index (χ0v) is 6.81. The quantitative estimate of drug-likeness (QED) is 0.595. The normalized spacial score (nSPS) is 23.1. The van der Waals surface area contributed by atoms with Gasteiger partial charge in [0, 0.05) is 20.0 Å². The van der Waals surface area contributed by atoms with Crippen molar-refractivity contribution >= 4 is 5.91 Å². The van der Waals surface area contributed by atoms with Crippen LogP contribution >= 0.6 is 0 Å². The maximum absolute atomic E-state index is 10.4. The summed E-state index contributed by atoms with van der Waals surface area (Å²) in [5, 5.41) is 2.64. The predicted molar refractivity (Wildman–Crippen MR) is 39.5 cm³/mol. The Morgan fingerprint density at radius 1 is 1.60 bits per heavy atom. The van der Waals surface area contributed by atoms with Crippen LogP contribution in [0.3, 0.4) is 0 Å². The fourth-order valence-electron chi connectivity index (χ4n) is 0.763. The monoisotopic (exact) mass is 145 g/mol. The molecule has 0 radical (unpaired) electrons. The van der Waals surface area contributed by atoms with Crippen molar-refractivity contribution in [3.05, 3.63) is 0 Å². The minimum Gasteiger partial charge on any atom is -0.362 e. The van der Waals surface area contributed by atoms with Crippen molar-refractivity contribution in [2.45, 2.75) is 32.9 Å². The molecular weight excluding hydrogens is 130 g/mol. The second-order valence-electron chi connectivity index (χ2n) is 1.83. The molecule has 0 spiro atoms. The molecule has 1 heterocycles. The molecule has 0 bridgehead atoms. The number of ether oxygens (including phenoxy) is 1. The topological polar surface area (TPSA) is 38.3 Å². The van der Waals surface area contributed by atoms with Gasteiger partial charge in [0.1, 0.15) is 6.23 Å². The van der Waals surface area contributed by atoms with Gasteiger partial charge in [-0.2, -0.15) is 0 Å². The van der Waals surface area contributed by atoms with Gasteiger partial charge >= 0.3 is 0 Å². The summed E-state index contributed by atoms with van der Waals surface area (Å²) in [4.78, 5) is 10.4. The first-order chi connectivity index (χ1) is 4.83. The molecule has 1 rings (SSSR count). The van der Waals surface area contributed by atoms with Crippen LogP contribution in [-0.2, 0) is 9.53 Å². The fourth-order valence-corrected chi connectivity index (χ4v) is 0.763. The molecule has 3 heteroatoms. The SMILES string of the molecule is CC.COC1CCC(=O)N1. The van der Waals surface area contributed by atoms with Crippen molar-refractivity contribution in [1.82, 2.24) is 5.32 Å². The Hall–Kier alpha value is -0.570. The van der Waals surface area contributed by atoms with E-state index < -0.39 is 0 Å². The van der Waals surface area contributed by atoms with Gasteiger partial charge in [0.15, 0.2) is 0 Å². The van der Waals surface area contributed by atoms with Crippen molar-refractivity contribution in [1.29, 1.82) is 0 Å². The third kappa shape index (κ3) is 2.82. The Labute approximate surface area is 61.8 Å². The van der Waals surface area contributed by atoms with Crippen molar-refractivity contribution in [2.75, 3.05) is 7.11 Å². The molecule has 60 valence electrons. The molecule has 10 heavy (non-hydrogen) atoms. The molecule has 1 aliphatic heterocycles. The third-order valence-electron chi connectivity index (χ3n) is 1.24. The van der Waals surface area contributed by atoms with E-state index in [0.29, 0.717) is 6.42 Å². The van der Waals surface area contributed by atoms with Crippen LogP contribution in [0.2, 0.25) is 0 Å². The maximum Gasteiger partial charge on any atom is 0.222 e. The largest absolute Gasteiger partial charge is 0.362 e. The van der Waals surface area contributed by atoms with Gasteiger partial charge in [-0.05, 0) is 0 Å². The molecule has 1 unspecified atom stereocenters. The lowest BCUT2D eigenvalue weighted by Gasteiger charge is -2.04. The van der Waals surface area contributed by atoms with E-state index in [9.17, 15) is 4.79 Å². The number of carbonyl (C=O) groups is 1. The van der Waals surface area contributed by atoms with E-state index in [1.807, 2.05) is 13.8 Å². The molecule has 0 aromatic carbocycles. The summed E-state index contributed by atoms with van der Waals surface area (Å²) in [5.41, 5.74) is 0. The first kappa shape index (κ1) is 9.43. The third-order valence-corrected chi connectivity index (χ3v) is 1.24. The van der Waals surface area contributed by atoms with Gasteiger partial charge in [0.05, 0.1) is 0 Å². The summed E-state index contributed by atoms with van der Waals surface area (Å²) >= 11 is 0. The Balaban J connectivity index is 0.000000371. The zero-order chi connectivity index (χ0) is 7.98. The Morgan fingerprint density at radius 3 is 2.40 bits per heavy atom. The first-order valence-corrected chi connectivity index (χ1v) is 3.65. The molecule has 1 saturated heterocycles. The second-order valence-corrected chi connectivity index (χ2v) is 1.83. The van der Waals surface area contributed by atoms with Gasteiger partial charge in [-0.3, -0.25) is 4.79 Å². The molecule has 0 saturated carbocycles. The number of hydrogen-bond donors (Lipinski definition) is 1. The number of carbonyl (C=O) groups excluding carboxylic acids is 1. The van der Waals surface area contributed by atoms with E-state index in [4.69, 9.17) is 4.74 Å². The van der Waals surface area contributed by atoms with Gasteiger partial charge in [-0.15, -0.1) is 0 Å². The summed E-state index contributed by atoms with van der Waals surface area (Å²) in [6.45, 7) is 4.00. The van der Waals surface area contributed by atoms with E-state index >= 15 is 0 Å². The number of nitrogens with one attached hydrogen (secondary N) is 1. The Morgan fingerprint density at radius 2 is 2.20 bits per heavy atom. The van der Waals surface area contributed by atoms with E-state index in [2.05, 4.69) is 5.32 Å². The van der Waals surface area contributed by atoms with Gasteiger partial charge < -0.3 is 10.1 Å². The van der Waals surface area contributed by atoms with Crippen LogP contribution < -0.4 is 5.32 Å². The highest BCUT2D eigenvalue weighted by Crippen LogP contribution is 2.05. The summed E-state index contributed by atoms with van der Waals surface area (Å²) in [7, 11) is 1.59. The van der Waals surface area contributed by atoms with Crippen LogP contribution in [0.1, 0.15) is 26.7 Å². The molecule has 1 N–H and O–H groups in total. The number of hydrogen-bond acceptors (Lipinski definition) is 2. The molecule has 1 atom stereocenters. The molecule has 1 fully saturated rings. The number of amides is 1. The molecule has 0 aromatic heterocycles. The minimum atomic E-state index is -0.0255. The van der Waals surface area contributed by atoms with Crippen LogP contribution in [0.25, 0.3) is 0 Å². The van der Waals surface area contributed by atoms with Crippen LogP contribution in [0.15, 0.2) is 0 Å². The summed E-state index contributed by atoms with van der Waals surface area (Å²) in [6.07, 6.45) is 1.40. The fraction of sp³-hybridized carbons (Fsp3) is 0.857. The zero-order valence-electron chi connectivity index (χ0n) is 6.81. The van der Waals surface area contributed by atoms with Crippen molar-refractivity contribution in [3.8, 4) is 0 Å². The van der Waals surface area contributed by atoms with Crippen LogP contribution in [0, 0.1) is 0 Å². The number of rotatable bonds is 1. The van der Waals surface area contributed by atoms with Crippen molar-refractivity contribution in [2.24, 2.45) is 0 Å². The summed E-state index contributed by atoms with van der Waals surface area (Å²) < 4.78 is 4.85. The van der Waals surface area contributed by atoms with Gasteiger partial charge in [-0.1, -0.05) is 13.8 Å². The molecule has 0 aliphatic carbocycles. The van der Waals surface area contributed by atoms with E-state index in [1.165, 1.54) is 0 Å². The van der Waals surface area contributed by atoms with Crippen molar-refractivity contribution < 1.29 is 9.53 Å². The lowest BCUT2D eigenvalue weighted by molar-refractivity contribution is -0.120. The Kier molecular flexibility index (Phi) is 4.94. The molecule has 1 aliphatic rings. The van der Waals surface area contributed by atoms with E-state index in [0.717, 1.165) is 6.42 Å². The van der Waals surface area contributed by atoms with Gasteiger partial charge in [0.2, 0.25) is 5.91 Å². The Bertz CT molecular complexity index is 104. The van der Waals surface area contributed by atoms with Crippen LogP contribution in [0.4, 0.5) is 0 Å². The number of methoxy groups -OCH3 is 1. The van der Waals surface area contributed by atoms with E-state index in [1.54, 1.807) is 7.11 Å². The lowest BCUT2D eigenvalue weighted by atomic mass is 10.4. The molecular formula is C7H15NO2. The predicted octanol–water partition coefficient (Wildman–Crippen LogP) is 0.895. The van der Waals surface area contributed by atoms with E-state index in [-0.39, 0.29) is 12.1 Å². The summed E-state index contributed by atoms with van der Waals surface area (Å²) in [6, 6.07) is 0. The standard InChI is InChI=1S/C5H9NO2.C2H6/c1-8-5-3-2-4(7)6-5;1-2/h5H,2-3H2,1H3,(H,6,7);1-2H3. The first-order valence-electron chi connectivity index (χ1n) is 3.65. The van der Waals surface area contributed by atoms with Crippen molar-refractivity contribution in [3.63, 3.8) is 0 Å². The second kappa shape index (κ2) is 5.23. The molecule has 0 aromatic rings. The maximum atomic E-state index is 10.4. The molecule has 1 amide bonds. The summed E-state index contributed by atoms with van der Waals surface area (Å²) in [5.74, 6) is 0.0943. The highest BCUT2D eigenvalue weighted by atomic mass is 16.5. The van der Waals surface area contributed by atoms with Gasteiger partial charge in [0.25, 0.3) is 0 Å². The smallest absolute Gasteiger partial charge is 0.222 e. The average Bonchev–Trinajstić information content (AvgIpc) is 2.40. The minimum absolute atomic E-state index is 0.0255. The van der Waals surface area contributed by atoms with Crippen LogP contribution in [0.5, 0.6) is 0 Å². The highest BCUT2D eigenvalue weighted by Gasteiger charge is 2.18.